The van der Waals surface area contributed by atoms with Gasteiger partial charge in [0.25, 0.3) is 0 Å². The molecule has 6 fully saturated rings. The van der Waals surface area contributed by atoms with Gasteiger partial charge in [0.2, 0.25) is 5.91 Å². The summed E-state index contributed by atoms with van der Waals surface area (Å²) in [6.45, 7) is 2.33. The molecule has 4 saturated carbocycles. The van der Waals surface area contributed by atoms with Crippen LogP contribution >= 0.6 is 0 Å². The monoisotopic (exact) mass is 439 g/mol. The van der Waals surface area contributed by atoms with E-state index < -0.39 is 0 Å². The maximum absolute atomic E-state index is 13.2. The number of primary amides is 1. The average Bonchev–Trinajstić information content (AvgIpc) is 3.38. The van der Waals surface area contributed by atoms with Crippen molar-refractivity contribution >= 4 is 23.5 Å². The van der Waals surface area contributed by atoms with Crippen LogP contribution in [0.4, 0.5) is 16.3 Å². The Bertz CT molecular complexity index is 920. The molecular weight excluding hydrogens is 406 g/mol. The maximum atomic E-state index is 13.2. The van der Waals surface area contributed by atoms with E-state index >= 15 is 0 Å². The second-order valence-corrected chi connectivity index (χ2v) is 11.1. The lowest BCUT2D eigenvalue weighted by Gasteiger charge is -2.58. The van der Waals surface area contributed by atoms with Gasteiger partial charge >= 0.3 is 6.09 Å². The van der Waals surface area contributed by atoms with Gasteiger partial charge in [-0.1, -0.05) is 0 Å². The second-order valence-electron chi connectivity index (χ2n) is 11.1. The van der Waals surface area contributed by atoms with Gasteiger partial charge in [0.15, 0.2) is 0 Å². The molecule has 4 aliphatic carbocycles. The van der Waals surface area contributed by atoms with Gasteiger partial charge in [0, 0.05) is 19.6 Å². The Morgan fingerprint density at radius 2 is 1.88 bits per heavy atom. The summed E-state index contributed by atoms with van der Waals surface area (Å²) in [5.41, 5.74) is 11.9. The average molecular weight is 440 g/mol. The highest BCUT2D eigenvalue weighted by Crippen LogP contribution is 2.60. The molecule has 32 heavy (non-hydrogen) atoms. The van der Waals surface area contributed by atoms with Crippen molar-refractivity contribution in [2.45, 2.75) is 63.0 Å². The number of pyridine rings is 1. The summed E-state index contributed by atoms with van der Waals surface area (Å²) in [4.78, 5) is 34.2. The van der Waals surface area contributed by atoms with Crippen LogP contribution in [0.25, 0.3) is 0 Å². The maximum Gasteiger partial charge on any atom is 0.410 e. The molecule has 172 valence electrons. The van der Waals surface area contributed by atoms with Crippen LogP contribution in [0.1, 0.15) is 51.4 Å². The fourth-order valence-electron chi connectivity index (χ4n) is 7.95. The predicted molar refractivity (Wildman–Crippen MR) is 120 cm³/mol. The van der Waals surface area contributed by atoms with Crippen LogP contribution in [0.5, 0.6) is 0 Å². The van der Waals surface area contributed by atoms with Crippen molar-refractivity contribution < 1.29 is 14.3 Å². The van der Waals surface area contributed by atoms with Gasteiger partial charge in [-0.15, -0.1) is 0 Å². The lowest BCUT2D eigenvalue weighted by atomic mass is 9.48. The van der Waals surface area contributed by atoms with Crippen LogP contribution in [0, 0.1) is 23.2 Å². The van der Waals surface area contributed by atoms with E-state index in [9.17, 15) is 9.59 Å². The van der Waals surface area contributed by atoms with Crippen molar-refractivity contribution in [3.63, 3.8) is 0 Å². The standard InChI is InChI=1S/C24H33N5O3/c25-18-2-3-19(27-13-18)29-6-1-4-24(29)5-7-28(14-24)22(31)32-20-16-8-15-9-17(20)12-23(10-15,11-16)21(26)30/h2-3,13,15-17,20H,1,4-12,14,25H2,(H2,26,30)/t15?,16?,17?,20-,23-,24?. The van der Waals surface area contributed by atoms with Crippen LogP contribution in [0.2, 0.25) is 0 Å². The Labute approximate surface area is 188 Å². The van der Waals surface area contributed by atoms with E-state index in [1.54, 1.807) is 6.20 Å². The van der Waals surface area contributed by atoms with Gasteiger partial charge in [-0.3, -0.25) is 4.79 Å². The molecule has 1 spiro atoms. The first-order valence-electron chi connectivity index (χ1n) is 12.1. The largest absolute Gasteiger partial charge is 0.446 e. The van der Waals surface area contributed by atoms with Crippen molar-refractivity contribution in [2.24, 2.45) is 28.9 Å². The van der Waals surface area contributed by atoms with E-state index in [4.69, 9.17) is 16.2 Å². The number of nitrogen functional groups attached to an aromatic ring is 1. The van der Waals surface area contributed by atoms with Gasteiger partial charge in [-0.05, 0) is 81.3 Å². The minimum Gasteiger partial charge on any atom is -0.446 e. The van der Waals surface area contributed by atoms with Gasteiger partial charge in [-0.25, -0.2) is 9.78 Å². The molecule has 1 aromatic heterocycles. The highest BCUT2D eigenvalue weighted by Gasteiger charge is 2.59. The molecule has 7 rings (SSSR count). The zero-order valence-corrected chi connectivity index (χ0v) is 18.5. The molecule has 2 saturated heterocycles. The molecule has 0 aromatic carbocycles. The van der Waals surface area contributed by atoms with Crippen LogP contribution in [0.15, 0.2) is 18.3 Å². The number of carbonyl (C=O) groups excluding carboxylic acids is 2. The molecule has 6 aliphatic rings. The fourth-order valence-corrected chi connectivity index (χ4v) is 7.95. The first-order valence-corrected chi connectivity index (χ1v) is 12.1. The van der Waals surface area contributed by atoms with E-state index in [1.165, 1.54) is 0 Å². The predicted octanol–water partition coefficient (Wildman–Crippen LogP) is 2.53. The third-order valence-corrected chi connectivity index (χ3v) is 9.18. The molecule has 4 N–H and O–H groups in total. The van der Waals surface area contributed by atoms with Crippen molar-refractivity contribution in [3.8, 4) is 0 Å². The lowest BCUT2D eigenvalue weighted by Crippen LogP contribution is -2.59. The van der Waals surface area contributed by atoms with Crippen molar-refractivity contribution in [1.29, 1.82) is 0 Å². The number of nitrogens with zero attached hydrogens (tertiary/aromatic N) is 3. The third kappa shape index (κ3) is 2.98. The van der Waals surface area contributed by atoms with Crippen molar-refractivity contribution in [3.05, 3.63) is 18.3 Å². The topological polar surface area (TPSA) is 115 Å². The first kappa shape index (κ1) is 20.1. The number of carbonyl (C=O) groups is 2. The Morgan fingerprint density at radius 1 is 1.09 bits per heavy atom. The molecule has 3 atom stereocenters. The molecule has 2 amide bonds. The lowest BCUT2D eigenvalue weighted by molar-refractivity contribution is -0.161. The highest BCUT2D eigenvalue weighted by atomic mass is 16.6. The molecule has 2 aliphatic heterocycles. The van der Waals surface area contributed by atoms with Crippen molar-refractivity contribution in [2.75, 3.05) is 30.3 Å². The zero-order chi connectivity index (χ0) is 22.1. The summed E-state index contributed by atoms with van der Waals surface area (Å²) in [6, 6.07) is 3.87. The Balaban J connectivity index is 1.14. The highest BCUT2D eigenvalue weighted by molar-refractivity contribution is 5.81. The summed E-state index contributed by atoms with van der Waals surface area (Å²) in [7, 11) is 0. The summed E-state index contributed by atoms with van der Waals surface area (Å²) in [6.07, 6.45) is 9.14. The summed E-state index contributed by atoms with van der Waals surface area (Å²) in [5.74, 6) is 1.89. The van der Waals surface area contributed by atoms with Crippen LogP contribution < -0.4 is 16.4 Å². The van der Waals surface area contributed by atoms with Crippen LogP contribution in [-0.2, 0) is 9.53 Å². The first-order chi connectivity index (χ1) is 15.4. The van der Waals surface area contributed by atoms with E-state index in [-0.39, 0.29) is 40.9 Å². The van der Waals surface area contributed by atoms with Gasteiger partial charge < -0.3 is 26.0 Å². The number of amides is 2. The van der Waals surface area contributed by atoms with Crippen LogP contribution in [0.3, 0.4) is 0 Å². The van der Waals surface area contributed by atoms with Crippen molar-refractivity contribution in [1.82, 2.24) is 9.88 Å². The Morgan fingerprint density at radius 3 is 2.56 bits per heavy atom. The Hall–Kier alpha value is -2.51. The van der Waals surface area contributed by atoms with Gasteiger partial charge in [-0.2, -0.15) is 0 Å². The molecule has 4 bridgehead atoms. The number of anilines is 2. The molecule has 3 heterocycles. The molecule has 1 aromatic rings. The zero-order valence-electron chi connectivity index (χ0n) is 18.5. The normalized spacial score (nSPS) is 39.8. The summed E-state index contributed by atoms with van der Waals surface area (Å²) < 4.78 is 6.18. The number of likely N-dealkylation sites (tertiary alicyclic amines) is 1. The number of nitrogens with two attached hydrogens (primary N) is 2. The minimum atomic E-state index is -0.354. The molecule has 3 unspecified atom stereocenters. The Kier molecular flexibility index (Phi) is 4.40. The number of rotatable bonds is 3. The van der Waals surface area contributed by atoms with Crippen LogP contribution in [-0.4, -0.2) is 53.2 Å². The number of hydrogen-bond donors (Lipinski definition) is 2. The van der Waals surface area contributed by atoms with E-state index in [0.717, 1.165) is 63.7 Å². The van der Waals surface area contributed by atoms with Gasteiger partial charge in [0.05, 0.1) is 22.8 Å². The number of ether oxygens (including phenoxy) is 1. The molecule has 8 nitrogen and oxygen atoms in total. The molecular formula is C24H33N5O3. The smallest absolute Gasteiger partial charge is 0.410 e. The second kappa shape index (κ2) is 6.99. The van der Waals surface area contributed by atoms with E-state index in [1.807, 2.05) is 17.0 Å². The summed E-state index contributed by atoms with van der Waals surface area (Å²) >= 11 is 0. The fraction of sp³-hybridized carbons (Fsp3) is 0.708. The van der Waals surface area contributed by atoms with Gasteiger partial charge in [0.1, 0.15) is 11.9 Å². The number of aromatic nitrogens is 1. The quantitative estimate of drug-likeness (QED) is 0.748. The SMILES string of the molecule is Nc1ccc(N2CCCC23CCN(C(=O)O[C@H]2C4CC5CC2C[C@](C(N)=O)(C5)C4)C3)nc1. The van der Waals surface area contributed by atoms with E-state index in [2.05, 4.69) is 9.88 Å². The number of hydrogen-bond acceptors (Lipinski definition) is 6. The minimum absolute atomic E-state index is 0.0672. The van der Waals surface area contributed by atoms with E-state index in [0.29, 0.717) is 24.7 Å². The summed E-state index contributed by atoms with van der Waals surface area (Å²) in [5, 5.41) is 0. The molecule has 0 radical (unpaired) electrons. The third-order valence-electron chi connectivity index (χ3n) is 9.18. The molecule has 8 heteroatoms.